The molecule has 27 heavy (non-hydrogen) atoms. The van der Waals surface area contributed by atoms with E-state index in [9.17, 15) is 14.0 Å². The standard InChI is InChI=1S/C19H26ClFN2O4/c1-19(2,3)27-18(25)22-11-13-6-8-23(9-7-13)17(24)12-26-14-4-5-16(21)15(20)10-14/h4-5,10,13H,6-9,11-12H2,1-3H3,(H,22,25). The zero-order valence-corrected chi connectivity index (χ0v) is 16.6. The summed E-state index contributed by atoms with van der Waals surface area (Å²) in [6, 6.07) is 3.98. The van der Waals surface area contributed by atoms with E-state index in [1.165, 1.54) is 18.2 Å². The number of benzene rings is 1. The summed E-state index contributed by atoms with van der Waals surface area (Å²) in [5.41, 5.74) is -0.519. The molecule has 0 spiro atoms. The zero-order chi connectivity index (χ0) is 20.0. The van der Waals surface area contributed by atoms with Crippen LogP contribution in [0.2, 0.25) is 5.02 Å². The molecule has 1 heterocycles. The Bertz CT molecular complexity index is 670. The highest BCUT2D eigenvalue weighted by atomic mass is 35.5. The van der Waals surface area contributed by atoms with Crippen LogP contribution in [0.25, 0.3) is 0 Å². The zero-order valence-electron chi connectivity index (χ0n) is 15.9. The molecule has 0 bridgehead atoms. The highest BCUT2D eigenvalue weighted by Gasteiger charge is 2.24. The summed E-state index contributed by atoms with van der Waals surface area (Å²) in [6.07, 6.45) is 1.17. The fraction of sp³-hybridized carbons (Fsp3) is 0.579. The number of likely N-dealkylation sites (tertiary alicyclic amines) is 1. The molecule has 2 amide bonds. The molecule has 1 N–H and O–H groups in total. The molecule has 8 heteroatoms. The number of hydrogen-bond acceptors (Lipinski definition) is 4. The van der Waals surface area contributed by atoms with E-state index in [0.717, 1.165) is 12.8 Å². The van der Waals surface area contributed by atoms with Gasteiger partial charge >= 0.3 is 6.09 Å². The molecule has 0 atom stereocenters. The van der Waals surface area contributed by atoms with E-state index in [0.29, 0.717) is 31.3 Å². The third-order valence-electron chi connectivity index (χ3n) is 4.15. The van der Waals surface area contributed by atoms with Gasteiger partial charge in [0.2, 0.25) is 0 Å². The van der Waals surface area contributed by atoms with Crippen molar-refractivity contribution in [2.24, 2.45) is 5.92 Å². The summed E-state index contributed by atoms with van der Waals surface area (Å²) in [7, 11) is 0. The lowest BCUT2D eigenvalue weighted by Crippen LogP contribution is -2.43. The first-order chi connectivity index (χ1) is 12.6. The summed E-state index contributed by atoms with van der Waals surface area (Å²) in [5, 5.41) is 2.73. The number of halogens is 2. The second-order valence-electron chi connectivity index (χ2n) is 7.57. The molecule has 0 radical (unpaired) electrons. The lowest BCUT2D eigenvalue weighted by Gasteiger charge is -2.32. The maximum Gasteiger partial charge on any atom is 0.407 e. The van der Waals surface area contributed by atoms with Crippen LogP contribution in [0.1, 0.15) is 33.6 Å². The van der Waals surface area contributed by atoms with Gasteiger partial charge in [0.1, 0.15) is 17.2 Å². The van der Waals surface area contributed by atoms with Crippen LogP contribution in [0.3, 0.4) is 0 Å². The van der Waals surface area contributed by atoms with Crippen LogP contribution >= 0.6 is 11.6 Å². The molecular weight excluding hydrogens is 375 g/mol. The Morgan fingerprint density at radius 2 is 1.96 bits per heavy atom. The van der Waals surface area contributed by atoms with Crippen molar-refractivity contribution >= 4 is 23.6 Å². The molecule has 2 rings (SSSR count). The van der Waals surface area contributed by atoms with Crippen LogP contribution < -0.4 is 10.1 Å². The van der Waals surface area contributed by atoms with E-state index < -0.39 is 17.5 Å². The van der Waals surface area contributed by atoms with Crippen molar-refractivity contribution in [1.29, 1.82) is 0 Å². The van der Waals surface area contributed by atoms with Gasteiger partial charge in [-0.3, -0.25) is 4.79 Å². The molecule has 1 saturated heterocycles. The molecule has 1 aliphatic rings. The normalized spacial score (nSPS) is 15.4. The van der Waals surface area contributed by atoms with Gasteiger partial charge < -0.3 is 19.7 Å². The van der Waals surface area contributed by atoms with E-state index in [1.54, 1.807) is 4.90 Å². The van der Waals surface area contributed by atoms with Crippen molar-refractivity contribution in [3.63, 3.8) is 0 Å². The third kappa shape index (κ3) is 7.25. The minimum atomic E-state index is -0.530. The minimum Gasteiger partial charge on any atom is -0.484 e. The number of nitrogens with zero attached hydrogens (tertiary/aromatic N) is 1. The molecule has 1 aromatic carbocycles. The Kier molecular flexibility index (Phi) is 7.30. The first-order valence-electron chi connectivity index (χ1n) is 8.96. The van der Waals surface area contributed by atoms with Gasteiger partial charge in [-0.15, -0.1) is 0 Å². The Morgan fingerprint density at radius 1 is 1.30 bits per heavy atom. The van der Waals surface area contributed by atoms with Crippen molar-refractivity contribution in [3.05, 3.63) is 29.0 Å². The lowest BCUT2D eigenvalue weighted by molar-refractivity contribution is -0.134. The van der Waals surface area contributed by atoms with E-state index in [2.05, 4.69) is 5.32 Å². The Hall–Kier alpha value is -2.02. The van der Waals surface area contributed by atoms with Crippen LogP contribution in [-0.4, -0.2) is 48.7 Å². The number of hydrogen-bond donors (Lipinski definition) is 1. The molecule has 1 aliphatic heterocycles. The van der Waals surface area contributed by atoms with E-state index in [4.69, 9.17) is 21.1 Å². The smallest absolute Gasteiger partial charge is 0.407 e. The highest BCUT2D eigenvalue weighted by Crippen LogP contribution is 2.21. The summed E-state index contributed by atoms with van der Waals surface area (Å²) in [6.45, 7) is 7.07. The first kappa shape index (κ1) is 21.3. The van der Waals surface area contributed by atoms with Gasteiger partial charge in [0.15, 0.2) is 6.61 Å². The molecule has 0 saturated carbocycles. The average molecular weight is 401 g/mol. The van der Waals surface area contributed by atoms with Gasteiger partial charge in [0.25, 0.3) is 5.91 Å². The Balaban J connectivity index is 1.69. The number of alkyl carbamates (subject to hydrolysis) is 1. The Morgan fingerprint density at radius 3 is 2.56 bits per heavy atom. The third-order valence-corrected chi connectivity index (χ3v) is 4.44. The van der Waals surface area contributed by atoms with Gasteiger partial charge in [-0.25, -0.2) is 9.18 Å². The van der Waals surface area contributed by atoms with E-state index >= 15 is 0 Å². The maximum absolute atomic E-state index is 13.1. The number of ether oxygens (including phenoxy) is 2. The number of carbonyl (C=O) groups is 2. The first-order valence-corrected chi connectivity index (χ1v) is 9.34. The summed E-state index contributed by atoms with van der Waals surface area (Å²) in [4.78, 5) is 25.7. The van der Waals surface area contributed by atoms with E-state index in [1.807, 2.05) is 20.8 Å². The number of nitrogens with one attached hydrogen (secondary N) is 1. The topological polar surface area (TPSA) is 67.9 Å². The van der Waals surface area contributed by atoms with Crippen LogP contribution in [0.15, 0.2) is 18.2 Å². The molecular formula is C19H26ClFN2O4. The molecule has 0 unspecified atom stereocenters. The second-order valence-corrected chi connectivity index (χ2v) is 7.98. The molecule has 150 valence electrons. The monoisotopic (exact) mass is 400 g/mol. The molecule has 0 aromatic heterocycles. The van der Waals surface area contributed by atoms with Crippen molar-refractivity contribution in [2.45, 2.75) is 39.2 Å². The maximum atomic E-state index is 13.1. The van der Waals surface area contributed by atoms with Gasteiger partial charge in [0, 0.05) is 25.7 Å². The van der Waals surface area contributed by atoms with Gasteiger partial charge in [-0.1, -0.05) is 11.6 Å². The summed E-state index contributed by atoms with van der Waals surface area (Å²) < 4.78 is 23.7. The lowest BCUT2D eigenvalue weighted by atomic mass is 9.97. The molecule has 6 nitrogen and oxygen atoms in total. The Labute approximate surface area is 163 Å². The van der Waals surface area contributed by atoms with Gasteiger partial charge in [-0.05, 0) is 51.7 Å². The SMILES string of the molecule is CC(C)(C)OC(=O)NCC1CCN(C(=O)COc2ccc(F)c(Cl)c2)CC1. The summed E-state index contributed by atoms with van der Waals surface area (Å²) >= 11 is 5.69. The number of carbonyl (C=O) groups excluding carboxylic acids is 2. The van der Waals surface area contributed by atoms with E-state index in [-0.39, 0.29) is 17.5 Å². The predicted molar refractivity (Wildman–Crippen MR) is 100 cm³/mol. The van der Waals surface area contributed by atoms with Crippen molar-refractivity contribution in [1.82, 2.24) is 10.2 Å². The summed E-state index contributed by atoms with van der Waals surface area (Å²) in [5.74, 6) is -0.00371. The largest absolute Gasteiger partial charge is 0.484 e. The predicted octanol–water partition coefficient (Wildman–Crippen LogP) is 3.62. The number of piperidine rings is 1. The van der Waals surface area contributed by atoms with Gasteiger partial charge in [0.05, 0.1) is 5.02 Å². The highest BCUT2D eigenvalue weighted by molar-refractivity contribution is 6.30. The van der Waals surface area contributed by atoms with Crippen LogP contribution in [-0.2, 0) is 9.53 Å². The molecule has 1 aromatic rings. The van der Waals surface area contributed by atoms with Crippen molar-refractivity contribution in [2.75, 3.05) is 26.2 Å². The van der Waals surface area contributed by atoms with Crippen LogP contribution in [0, 0.1) is 11.7 Å². The van der Waals surface area contributed by atoms with Crippen molar-refractivity contribution < 1.29 is 23.5 Å². The van der Waals surface area contributed by atoms with Crippen LogP contribution in [0.5, 0.6) is 5.75 Å². The fourth-order valence-corrected chi connectivity index (χ4v) is 2.90. The number of amides is 2. The second kappa shape index (κ2) is 9.26. The van der Waals surface area contributed by atoms with Crippen molar-refractivity contribution in [3.8, 4) is 5.75 Å². The number of rotatable bonds is 5. The molecule has 1 fully saturated rings. The quantitative estimate of drug-likeness (QED) is 0.819. The average Bonchev–Trinajstić information content (AvgIpc) is 2.59. The van der Waals surface area contributed by atoms with Gasteiger partial charge in [-0.2, -0.15) is 0 Å². The molecule has 0 aliphatic carbocycles. The minimum absolute atomic E-state index is 0.0433. The van der Waals surface area contributed by atoms with Crippen LogP contribution in [0.4, 0.5) is 9.18 Å². The fourth-order valence-electron chi connectivity index (χ4n) is 2.73.